The Hall–Kier alpha value is -1.12. The Balaban J connectivity index is 3.14. The van der Waals surface area contributed by atoms with Gasteiger partial charge in [-0.2, -0.15) is 0 Å². The van der Waals surface area contributed by atoms with Crippen molar-refractivity contribution in [1.82, 2.24) is 4.98 Å². The van der Waals surface area contributed by atoms with E-state index >= 15 is 0 Å². The molecule has 0 fully saturated rings. The summed E-state index contributed by atoms with van der Waals surface area (Å²) >= 11 is 0. The van der Waals surface area contributed by atoms with E-state index in [1.165, 1.54) is 7.11 Å². The van der Waals surface area contributed by atoms with Crippen LogP contribution < -0.4 is 4.74 Å². The van der Waals surface area contributed by atoms with Crippen LogP contribution in [-0.2, 0) is 12.1 Å². The molecular weight excluding hydrogens is 181 g/mol. The number of hydrogen-bond donors (Lipinski definition) is 0. The summed E-state index contributed by atoms with van der Waals surface area (Å²) in [7, 11) is 1.50. The summed E-state index contributed by atoms with van der Waals surface area (Å²) in [5, 5.41) is 0. The van der Waals surface area contributed by atoms with Crippen molar-refractivity contribution < 1.29 is 9.13 Å². The van der Waals surface area contributed by atoms with E-state index in [1.807, 2.05) is 6.07 Å². The maximum Gasteiger partial charge on any atom is 0.218 e. The first-order valence-corrected chi connectivity index (χ1v) is 4.58. The number of pyridine rings is 1. The maximum absolute atomic E-state index is 12.6. The van der Waals surface area contributed by atoms with Gasteiger partial charge in [0.2, 0.25) is 5.88 Å². The topological polar surface area (TPSA) is 22.1 Å². The second kappa shape index (κ2) is 3.95. The van der Waals surface area contributed by atoms with E-state index in [-0.39, 0.29) is 5.41 Å². The molecule has 0 aliphatic carbocycles. The average Bonchev–Trinajstić information content (AvgIpc) is 2.15. The minimum atomic E-state index is -0.542. The first kappa shape index (κ1) is 11.0. The van der Waals surface area contributed by atoms with Crippen molar-refractivity contribution in [2.24, 2.45) is 0 Å². The SMILES string of the molecule is COc1ncc(C(C)(C)C)cc1CF. The van der Waals surface area contributed by atoms with Crippen LogP contribution in [0.2, 0.25) is 0 Å². The molecule has 0 atom stereocenters. The van der Waals surface area contributed by atoms with Gasteiger partial charge in [-0.25, -0.2) is 9.37 Å². The Bertz CT molecular complexity index is 318. The van der Waals surface area contributed by atoms with Gasteiger partial charge >= 0.3 is 0 Å². The molecule has 1 aromatic heterocycles. The van der Waals surface area contributed by atoms with Crippen molar-refractivity contribution in [1.29, 1.82) is 0 Å². The van der Waals surface area contributed by atoms with Gasteiger partial charge in [0.05, 0.1) is 7.11 Å². The lowest BCUT2D eigenvalue weighted by Crippen LogP contribution is -2.12. The van der Waals surface area contributed by atoms with E-state index in [4.69, 9.17) is 4.74 Å². The summed E-state index contributed by atoms with van der Waals surface area (Å²) in [6, 6.07) is 1.81. The van der Waals surface area contributed by atoms with E-state index in [9.17, 15) is 4.39 Å². The highest BCUT2D eigenvalue weighted by atomic mass is 19.1. The molecule has 0 unspecified atom stereocenters. The summed E-state index contributed by atoms with van der Waals surface area (Å²) in [5.74, 6) is 0.375. The van der Waals surface area contributed by atoms with Gasteiger partial charge in [-0.15, -0.1) is 0 Å². The normalized spacial score (nSPS) is 11.5. The minimum Gasteiger partial charge on any atom is -0.481 e. The molecular formula is C11H16FNO. The Morgan fingerprint density at radius 2 is 2.07 bits per heavy atom. The molecule has 2 nitrogen and oxygen atoms in total. The smallest absolute Gasteiger partial charge is 0.218 e. The number of alkyl halides is 1. The van der Waals surface area contributed by atoms with Gasteiger partial charge < -0.3 is 4.74 Å². The number of aromatic nitrogens is 1. The molecule has 0 aliphatic heterocycles. The predicted molar refractivity (Wildman–Crippen MR) is 54.3 cm³/mol. The van der Waals surface area contributed by atoms with Gasteiger partial charge in [0.15, 0.2) is 0 Å². The van der Waals surface area contributed by atoms with Crippen molar-refractivity contribution in [2.75, 3.05) is 7.11 Å². The summed E-state index contributed by atoms with van der Waals surface area (Å²) < 4.78 is 17.6. The number of methoxy groups -OCH3 is 1. The predicted octanol–water partition coefficient (Wildman–Crippen LogP) is 2.86. The molecule has 0 saturated heterocycles. The first-order valence-electron chi connectivity index (χ1n) is 4.58. The van der Waals surface area contributed by atoms with Gasteiger partial charge in [0.1, 0.15) is 6.67 Å². The van der Waals surface area contributed by atoms with Crippen LogP contribution in [0.3, 0.4) is 0 Å². The highest BCUT2D eigenvalue weighted by molar-refractivity contribution is 5.32. The minimum absolute atomic E-state index is 0.0107. The van der Waals surface area contributed by atoms with Crippen LogP contribution in [-0.4, -0.2) is 12.1 Å². The molecule has 0 spiro atoms. The fourth-order valence-corrected chi connectivity index (χ4v) is 1.19. The zero-order valence-corrected chi connectivity index (χ0v) is 9.10. The second-order valence-electron chi connectivity index (χ2n) is 4.28. The summed E-state index contributed by atoms with van der Waals surface area (Å²) in [6.45, 7) is 5.66. The Morgan fingerprint density at radius 3 is 2.50 bits per heavy atom. The quantitative estimate of drug-likeness (QED) is 0.727. The molecule has 0 amide bonds. The number of ether oxygens (including phenoxy) is 1. The van der Waals surface area contributed by atoms with Crippen LogP contribution in [0.1, 0.15) is 31.9 Å². The van der Waals surface area contributed by atoms with Crippen LogP contribution in [0.4, 0.5) is 4.39 Å². The summed E-state index contributed by atoms with van der Waals surface area (Å²) in [6.07, 6.45) is 1.73. The molecule has 0 aromatic carbocycles. The lowest BCUT2D eigenvalue weighted by atomic mass is 9.88. The third kappa shape index (κ3) is 2.22. The van der Waals surface area contributed by atoms with Crippen molar-refractivity contribution in [3.8, 4) is 5.88 Å². The van der Waals surface area contributed by atoms with Crippen LogP contribution in [0, 0.1) is 0 Å². The van der Waals surface area contributed by atoms with Crippen LogP contribution in [0.5, 0.6) is 5.88 Å². The molecule has 1 aromatic rings. The fraction of sp³-hybridized carbons (Fsp3) is 0.545. The zero-order valence-electron chi connectivity index (χ0n) is 9.10. The molecule has 1 heterocycles. The number of hydrogen-bond acceptors (Lipinski definition) is 2. The lowest BCUT2D eigenvalue weighted by molar-refractivity contribution is 0.377. The van der Waals surface area contributed by atoms with Crippen LogP contribution >= 0.6 is 0 Å². The monoisotopic (exact) mass is 197 g/mol. The van der Waals surface area contributed by atoms with Gasteiger partial charge in [-0.05, 0) is 17.0 Å². The number of rotatable bonds is 2. The van der Waals surface area contributed by atoms with E-state index in [0.29, 0.717) is 11.4 Å². The van der Waals surface area contributed by atoms with Crippen molar-refractivity contribution in [3.05, 3.63) is 23.4 Å². The largest absolute Gasteiger partial charge is 0.481 e. The highest BCUT2D eigenvalue weighted by Crippen LogP contribution is 2.26. The molecule has 3 heteroatoms. The van der Waals surface area contributed by atoms with Gasteiger partial charge in [-0.3, -0.25) is 0 Å². The highest BCUT2D eigenvalue weighted by Gasteiger charge is 2.16. The third-order valence-corrected chi connectivity index (χ3v) is 2.13. The van der Waals surface area contributed by atoms with E-state index in [1.54, 1.807) is 6.20 Å². The average molecular weight is 197 g/mol. The summed E-state index contributed by atoms with van der Waals surface area (Å²) in [4.78, 5) is 4.07. The van der Waals surface area contributed by atoms with Crippen LogP contribution in [0.25, 0.3) is 0 Å². The molecule has 0 saturated carbocycles. The molecule has 0 radical (unpaired) electrons. The molecule has 78 valence electrons. The Morgan fingerprint density at radius 1 is 1.43 bits per heavy atom. The van der Waals surface area contributed by atoms with Gasteiger partial charge in [-0.1, -0.05) is 20.8 Å². The van der Waals surface area contributed by atoms with Gasteiger partial charge in [0, 0.05) is 11.8 Å². The molecule has 0 N–H and O–H groups in total. The van der Waals surface area contributed by atoms with E-state index in [0.717, 1.165) is 5.56 Å². The van der Waals surface area contributed by atoms with Gasteiger partial charge in [0.25, 0.3) is 0 Å². The first-order chi connectivity index (χ1) is 6.49. The maximum atomic E-state index is 12.6. The standard InChI is InChI=1S/C11H16FNO/c1-11(2,3)9-5-8(6-12)10(14-4)13-7-9/h5,7H,6H2,1-4H3. The third-order valence-electron chi connectivity index (χ3n) is 2.13. The molecule has 14 heavy (non-hydrogen) atoms. The Labute approximate surface area is 84.1 Å². The van der Waals surface area contributed by atoms with Crippen LogP contribution in [0.15, 0.2) is 12.3 Å². The molecule has 1 rings (SSSR count). The fourth-order valence-electron chi connectivity index (χ4n) is 1.19. The zero-order chi connectivity index (χ0) is 10.8. The van der Waals surface area contributed by atoms with Crippen molar-refractivity contribution >= 4 is 0 Å². The molecule has 0 bridgehead atoms. The number of halogens is 1. The van der Waals surface area contributed by atoms with E-state index in [2.05, 4.69) is 25.8 Å². The van der Waals surface area contributed by atoms with Crippen molar-refractivity contribution in [2.45, 2.75) is 32.9 Å². The van der Waals surface area contributed by atoms with E-state index < -0.39 is 6.67 Å². The second-order valence-corrected chi connectivity index (χ2v) is 4.28. The van der Waals surface area contributed by atoms with Crippen molar-refractivity contribution in [3.63, 3.8) is 0 Å². The summed E-state index contributed by atoms with van der Waals surface area (Å²) in [5.41, 5.74) is 1.52. The Kier molecular flexibility index (Phi) is 3.09. The number of nitrogens with zero attached hydrogens (tertiary/aromatic N) is 1. The lowest BCUT2D eigenvalue weighted by Gasteiger charge is -2.19. The molecule has 0 aliphatic rings.